The highest BCUT2D eigenvalue weighted by Crippen LogP contribution is 2.48. The smallest absolute Gasteiger partial charge is 0.402 e. The molecule has 2 unspecified atom stereocenters. The van der Waals surface area contributed by atoms with Crippen molar-refractivity contribution in [1.29, 1.82) is 15.8 Å². The van der Waals surface area contributed by atoms with Crippen LogP contribution in [0.5, 0.6) is 46.0 Å². The van der Waals surface area contributed by atoms with Crippen molar-refractivity contribution < 1.29 is 45.3 Å². The highest BCUT2D eigenvalue weighted by atomic mass is 19.4. The van der Waals surface area contributed by atoms with Gasteiger partial charge in [-0.25, -0.2) is 4.85 Å². The van der Waals surface area contributed by atoms with Crippen LogP contribution in [0.25, 0.3) is 4.85 Å². The monoisotopic (exact) mass is 990 g/mol. The average Bonchev–Trinajstić information content (AvgIpc) is 3.41. The number of hydrogen-bond donors (Lipinski definition) is 0. The Balaban J connectivity index is 0.870. The summed E-state index contributed by atoms with van der Waals surface area (Å²) < 4.78 is 112. The molecular formula is C60H36F6N4O4. The molecule has 0 amide bonds. The quantitative estimate of drug-likeness (QED) is 0.0680. The topological polar surface area (TPSA) is 113 Å². The van der Waals surface area contributed by atoms with Gasteiger partial charge in [-0.3, -0.25) is 0 Å². The molecule has 362 valence electrons. The SMILES string of the molecule is [C-]#[N+]c1ccc(Oc2ccc(C(C)(c3ccc(Oc4ccc(C#Cc5ccc(Oc6ccc(C(C)(c7ccc(Oc8ccc(C#N)c(C#N)c8)cc7)C(F)(F)F)cc6)cc5)cc4)cc3)C(F)(F)F)cc2)cc1C#N. The maximum atomic E-state index is 14.8. The fourth-order valence-corrected chi connectivity index (χ4v) is 7.86. The number of rotatable bonds is 12. The minimum Gasteiger partial charge on any atom is -0.457 e. The molecule has 14 heteroatoms. The van der Waals surface area contributed by atoms with Crippen LogP contribution >= 0.6 is 0 Å². The Morgan fingerprint density at radius 2 is 0.635 bits per heavy atom. The number of alkyl halides is 6. The van der Waals surface area contributed by atoms with E-state index < -0.39 is 23.2 Å². The molecule has 0 radical (unpaired) electrons. The summed E-state index contributed by atoms with van der Waals surface area (Å²) in [5, 5.41) is 27.8. The van der Waals surface area contributed by atoms with Crippen LogP contribution in [-0.2, 0) is 10.8 Å². The molecule has 0 spiro atoms. The third-order valence-corrected chi connectivity index (χ3v) is 12.3. The van der Waals surface area contributed by atoms with Gasteiger partial charge in [-0.15, -0.1) is 0 Å². The summed E-state index contributed by atoms with van der Waals surface area (Å²) in [4.78, 5) is 3.28. The Hall–Kier alpha value is -9.94. The second-order valence-electron chi connectivity index (χ2n) is 16.9. The molecule has 0 fully saturated rings. The summed E-state index contributed by atoms with van der Waals surface area (Å²) in [5.41, 5.74) is -2.99. The van der Waals surface area contributed by atoms with E-state index in [0.717, 1.165) is 13.8 Å². The van der Waals surface area contributed by atoms with E-state index in [2.05, 4.69) is 16.7 Å². The zero-order valence-electron chi connectivity index (χ0n) is 39.0. The van der Waals surface area contributed by atoms with Crippen LogP contribution in [0.2, 0.25) is 0 Å². The van der Waals surface area contributed by atoms with E-state index in [1.807, 2.05) is 18.2 Å². The van der Waals surface area contributed by atoms with Gasteiger partial charge >= 0.3 is 12.4 Å². The lowest BCUT2D eigenvalue weighted by Gasteiger charge is -2.33. The lowest BCUT2D eigenvalue weighted by Crippen LogP contribution is -2.40. The molecule has 8 aromatic rings. The van der Waals surface area contributed by atoms with E-state index in [4.69, 9.17) is 30.8 Å². The van der Waals surface area contributed by atoms with Crippen molar-refractivity contribution in [3.8, 4) is 76.0 Å². The van der Waals surface area contributed by atoms with Crippen LogP contribution in [0.4, 0.5) is 32.0 Å². The van der Waals surface area contributed by atoms with Gasteiger partial charge in [0.25, 0.3) is 0 Å². The number of hydrogen-bond acceptors (Lipinski definition) is 7. The van der Waals surface area contributed by atoms with Crippen LogP contribution in [0.1, 0.15) is 63.9 Å². The van der Waals surface area contributed by atoms with Gasteiger partial charge in [-0.2, -0.15) is 42.1 Å². The first kappa shape index (κ1) is 50.4. The molecule has 0 aliphatic heterocycles. The van der Waals surface area contributed by atoms with E-state index in [-0.39, 0.29) is 67.6 Å². The Morgan fingerprint density at radius 3 is 0.932 bits per heavy atom. The van der Waals surface area contributed by atoms with Crippen LogP contribution < -0.4 is 18.9 Å². The molecule has 8 rings (SSSR count). The highest BCUT2D eigenvalue weighted by molar-refractivity contribution is 5.61. The first-order valence-corrected chi connectivity index (χ1v) is 22.3. The van der Waals surface area contributed by atoms with Crippen molar-refractivity contribution in [3.63, 3.8) is 0 Å². The summed E-state index contributed by atoms with van der Waals surface area (Å²) in [6.45, 7) is 9.37. The molecular weight excluding hydrogens is 955 g/mol. The van der Waals surface area contributed by atoms with Gasteiger partial charge in [-0.05, 0) is 163 Å². The second kappa shape index (κ2) is 20.8. The van der Waals surface area contributed by atoms with Gasteiger partial charge in [0.2, 0.25) is 5.69 Å². The van der Waals surface area contributed by atoms with Crippen molar-refractivity contribution in [2.24, 2.45) is 0 Å². The van der Waals surface area contributed by atoms with Crippen LogP contribution in [-0.4, -0.2) is 12.4 Å². The van der Waals surface area contributed by atoms with E-state index in [9.17, 15) is 36.9 Å². The van der Waals surface area contributed by atoms with Crippen molar-refractivity contribution in [3.05, 3.63) is 243 Å². The number of benzene rings is 8. The maximum absolute atomic E-state index is 14.8. The average molecular weight is 991 g/mol. The molecule has 0 N–H and O–H groups in total. The molecule has 0 saturated heterocycles. The molecule has 2 atom stereocenters. The zero-order chi connectivity index (χ0) is 52.7. The normalized spacial score (nSPS) is 12.6. The lowest BCUT2D eigenvalue weighted by molar-refractivity contribution is -0.173. The third kappa shape index (κ3) is 10.7. The van der Waals surface area contributed by atoms with Crippen molar-refractivity contribution in [2.45, 2.75) is 37.0 Å². The molecule has 74 heavy (non-hydrogen) atoms. The molecule has 0 aliphatic carbocycles. The molecule has 0 aliphatic rings. The van der Waals surface area contributed by atoms with Crippen molar-refractivity contribution >= 4 is 5.69 Å². The predicted octanol–water partition coefficient (Wildman–Crippen LogP) is 16.2. The first-order valence-electron chi connectivity index (χ1n) is 22.3. The minimum absolute atomic E-state index is 0.0141. The predicted molar refractivity (Wildman–Crippen MR) is 263 cm³/mol. The summed E-state index contributed by atoms with van der Waals surface area (Å²) in [6, 6.07) is 50.3. The maximum Gasteiger partial charge on any atom is 0.402 e. The van der Waals surface area contributed by atoms with E-state index >= 15 is 0 Å². The van der Waals surface area contributed by atoms with Crippen LogP contribution in [0, 0.1) is 52.4 Å². The highest BCUT2D eigenvalue weighted by Gasteiger charge is 2.54. The summed E-state index contributed by atoms with van der Waals surface area (Å²) in [5.74, 6) is 8.62. The third-order valence-electron chi connectivity index (χ3n) is 12.3. The number of nitrogens with zero attached hydrogens (tertiary/aromatic N) is 4. The first-order chi connectivity index (χ1) is 35.4. The van der Waals surface area contributed by atoms with Gasteiger partial charge in [0.1, 0.15) is 69.0 Å². The molecule has 0 bridgehead atoms. The number of ether oxygens (including phenoxy) is 4. The Bertz CT molecular complexity index is 3340. The number of halogens is 6. The fraction of sp³-hybridized carbons (Fsp3) is 0.100. The molecule has 0 aromatic heterocycles. The molecule has 0 saturated carbocycles. The Labute approximate surface area is 421 Å². The molecule has 8 nitrogen and oxygen atoms in total. The van der Waals surface area contributed by atoms with Crippen LogP contribution in [0.3, 0.4) is 0 Å². The second-order valence-corrected chi connectivity index (χ2v) is 16.9. The Morgan fingerprint density at radius 1 is 0.365 bits per heavy atom. The lowest BCUT2D eigenvalue weighted by atomic mass is 9.75. The van der Waals surface area contributed by atoms with Gasteiger partial charge < -0.3 is 18.9 Å². The van der Waals surface area contributed by atoms with Crippen molar-refractivity contribution in [1.82, 2.24) is 0 Å². The molecule has 0 heterocycles. The van der Waals surface area contributed by atoms with E-state index in [1.165, 1.54) is 133 Å². The standard InChI is InChI=1S/C60H36F6N4O4/c1-57(59(61,62)63,46-15-28-52(29-16-46)73-54-23-10-41(36-67)42(34-54)37-68)44-11-24-50(25-12-44)71-48-19-6-39(7-20-48)4-5-40-8-21-49(22-9-40)72-51-26-13-45(14-27-51)58(2,60(64,65)66)47-17-30-53(31-18-47)74-55-32-33-56(70-3)43(35-55)38-69/h6-35H,1-2H3. The van der Waals surface area contributed by atoms with Gasteiger partial charge in [0.15, 0.2) is 0 Å². The summed E-state index contributed by atoms with van der Waals surface area (Å²) >= 11 is 0. The number of nitriles is 3. The van der Waals surface area contributed by atoms with Crippen molar-refractivity contribution in [2.75, 3.05) is 0 Å². The van der Waals surface area contributed by atoms with E-state index in [0.29, 0.717) is 34.1 Å². The fourth-order valence-electron chi connectivity index (χ4n) is 7.86. The molecule has 8 aromatic carbocycles. The minimum atomic E-state index is -4.68. The van der Waals surface area contributed by atoms with Gasteiger partial charge in [0, 0.05) is 11.1 Å². The zero-order valence-corrected chi connectivity index (χ0v) is 39.0. The summed E-state index contributed by atoms with van der Waals surface area (Å²) in [7, 11) is 0. The Kier molecular flexibility index (Phi) is 14.2. The summed E-state index contributed by atoms with van der Waals surface area (Å²) in [6.07, 6.45) is -9.36. The van der Waals surface area contributed by atoms with E-state index in [1.54, 1.807) is 48.5 Å². The van der Waals surface area contributed by atoms with Crippen LogP contribution in [0.15, 0.2) is 182 Å². The van der Waals surface area contributed by atoms with Gasteiger partial charge in [0.05, 0.1) is 29.3 Å². The largest absolute Gasteiger partial charge is 0.457 e. The van der Waals surface area contributed by atoms with Gasteiger partial charge in [-0.1, -0.05) is 66.4 Å².